The van der Waals surface area contributed by atoms with Crippen molar-refractivity contribution in [1.82, 2.24) is 9.97 Å². The molecule has 1 atom stereocenters. The number of allylic oxidation sites excluding steroid dienone is 2. The van der Waals surface area contributed by atoms with Gasteiger partial charge in [0.1, 0.15) is 5.76 Å². The molecule has 0 amide bonds. The number of carbonyl (C=O) groups excluding carboxylic acids is 1. The lowest BCUT2D eigenvalue weighted by molar-refractivity contribution is -0.128. The highest BCUT2D eigenvalue weighted by molar-refractivity contribution is 7.17. The molecule has 4 aromatic heterocycles. The number of rotatable bonds is 7. The normalized spacial score (nSPS) is 15.1. The Morgan fingerprint density at radius 2 is 2.00 bits per heavy atom. The minimum Gasteiger partial charge on any atom is -0.468 e. The number of carbonyl (C=O) groups is 1. The van der Waals surface area contributed by atoms with Crippen LogP contribution in [-0.4, -0.2) is 35.8 Å². The predicted molar refractivity (Wildman–Crippen MR) is 173 cm³/mol. The van der Waals surface area contributed by atoms with Crippen molar-refractivity contribution in [1.29, 1.82) is 0 Å². The Hall–Kier alpha value is -3.52. The van der Waals surface area contributed by atoms with Gasteiger partial charge >= 0.3 is 0 Å². The topological polar surface area (TPSA) is 104 Å². The van der Waals surface area contributed by atoms with Crippen LogP contribution in [0.4, 0.5) is 5.82 Å². The van der Waals surface area contributed by atoms with Gasteiger partial charge in [-0.25, -0.2) is 4.98 Å². The van der Waals surface area contributed by atoms with Gasteiger partial charge in [0.15, 0.2) is 11.4 Å². The maximum atomic E-state index is 9.18. The number of nitrogens with two attached hydrogens (primary N) is 1. The summed E-state index contributed by atoms with van der Waals surface area (Å²) in [5.41, 5.74) is 10.7. The monoisotopic (exact) mass is 576 g/mol. The summed E-state index contributed by atoms with van der Waals surface area (Å²) in [6.07, 6.45) is 16.4. The van der Waals surface area contributed by atoms with Crippen molar-refractivity contribution >= 4 is 56.0 Å². The average Bonchev–Trinajstić information content (AvgIpc) is 3.65. The van der Waals surface area contributed by atoms with Gasteiger partial charge in [0.2, 0.25) is 0 Å². The first-order valence-corrected chi connectivity index (χ1v) is 15.4. The summed E-state index contributed by atoms with van der Waals surface area (Å²) in [4.78, 5) is 22.0. The molecule has 0 radical (unpaired) electrons. The number of nitrogen functional groups attached to an aromatic ring is 1. The molecule has 1 unspecified atom stereocenters. The number of thiophene rings is 1. The Balaban J connectivity index is 0.000000254. The second-order valence-corrected chi connectivity index (χ2v) is 11.2. The molecule has 2 N–H and O–H groups in total. The lowest BCUT2D eigenvalue weighted by Gasteiger charge is -2.26. The van der Waals surface area contributed by atoms with Crippen molar-refractivity contribution in [2.45, 2.75) is 73.1 Å². The van der Waals surface area contributed by atoms with Crippen LogP contribution >= 0.6 is 11.3 Å². The molecule has 1 fully saturated rings. The zero-order valence-corrected chi connectivity index (χ0v) is 26.1. The number of fused-ring (bicyclic) bond motifs is 2. The van der Waals surface area contributed by atoms with E-state index >= 15 is 0 Å². The third-order valence-electron chi connectivity index (χ3n) is 7.87. The van der Waals surface area contributed by atoms with Gasteiger partial charge in [0.05, 0.1) is 11.3 Å². The van der Waals surface area contributed by atoms with E-state index in [2.05, 4.69) is 38.9 Å². The molecule has 4 heterocycles. The molecule has 0 spiro atoms. The van der Waals surface area contributed by atoms with Gasteiger partial charge in [0.25, 0.3) is 6.47 Å². The molecule has 0 saturated heterocycles. The van der Waals surface area contributed by atoms with Crippen molar-refractivity contribution in [3.63, 3.8) is 0 Å². The maximum Gasteiger partial charge on any atom is 0.293 e. The third-order valence-corrected chi connectivity index (χ3v) is 8.80. The lowest BCUT2D eigenvalue weighted by Crippen LogP contribution is -2.14. The number of hydrogen-bond donors (Lipinski definition) is 1. The fourth-order valence-electron chi connectivity index (χ4n) is 5.25. The van der Waals surface area contributed by atoms with Crippen molar-refractivity contribution < 1.29 is 13.9 Å². The Kier molecular flexibility index (Phi) is 12.5. The minimum absolute atomic E-state index is 0.387. The summed E-state index contributed by atoms with van der Waals surface area (Å²) in [6, 6.07) is 4.04. The Morgan fingerprint density at radius 1 is 1.24 bits per heavy atom. The molecule has 8 heteroatoms. The molecule has 41 heavy (non-hydrogen) atoms. The fraction of sp³-hybridized carbons (Fsp3) is 0.455. The number of furan rings is 1. The molecule has 0 aliphatic heterocycles. The van der Waals surface area contributed by atoms with Crippen molar-refractivity contribution in [3.8, 4) is 11.3 Å². The van der Waals surface area contributed by atoms with Crippen LogP contribution < -0.4 is 5.73 Å². The van der Waals surface area contributed by atoms with Gasteiger partial charge in [-0.15, -0.1) is 11.3 Å². The number of anilines is 1. The van der Waals surface area contributed by atoms with Gasteiger partial charge in [-0.2, -0.15) is 0 Å². The van der Waals surface area contributed by atoms with E-state index in [1.54, 1.807) is 37.7 Å². The van der Waals surface area contributed by atoms with Crippen LogP contribution in [0.3, 0.4) is 0 Å². The number of nitrogens with zero attached hydrogens (tertiary/aromatic N) is 3. The first-order valence-electron chi connectivity index (χ1n) is 14.5. The van der Waals surface area contributed by atoms with E-state index in [0.29, 0.717) is 24.5 Å². The standard InChI is InChI=1S/C20H18N4OS.C10H20.C3H6O2/c1-4-12(11(2)22-3)15-8-24-20(21)19-14(15)7-17(25-19)16-10-26-18-9-23-6-5-13(16)18;1-3-9(2)10-7-5-4-6-8-10;1-2-5-3-4/h4-10H,1-3H3,(H2,21,24);9-10H,3-8H2,1-2H3;3H,2H2,1H3/b12-4+,22-11?;;. The van der Waals surface area contributed by atoms with E-state index < -0.39 is 0 Å². The number of hydrogen-bond acceptors (Lipinski definition) is 8. The van der Waals surface area contributed by atoms with E-state index in [-0.39, 0.29) is 0 Å². The van der Waals surface area contributed by atoms with Crippen molar-refractivity contribution in [2.24, 2.45) is 16.8 Å². The molecule has 1 aliphatic rings. The van der Waals surface area contributed by atoms with Gasteiger partial charge in [-0.3, -0.25) is 14.8 Å². The Morgan fingerprint density at radius 3 is 2.61 bits per heavy atom. The maximum absolute atomic E-state index is 9.18. The molecular formula is C33H44N4O3S. The first kappa shape index (κ1) is 32.0. The van der Waals surface area contributed by atoms with Gasteiger partial charge < -0.3 is 14.9 Å². The second kappa shape index (κ2) is 16.1. The minimum atomic E-state index is 0.387. The zero-order valence-electron chi connectivity index (χ0n) is 25.3. The molecule has 1 aliphatic carbocycles. The summed E-state index contributed by atoms with van der Waals surface area (Å²) in [5.74, 6) is 3.22. The van der Waals surface area contributed by atoms with Crippen LogP contribution in [-0.2, 0) is 9.53 Å². The molecule has 0 aromatic carbocycles. The highest BCUT2D eigenvalue weighted by atomic mass is 32.1. The number of pyridine rings is 2. The molecule has 4 aromatic rings. The molecule has 1 saturated carbocycles. The molecule has 0 bridgehead atoms. The molecule has 5 rings (SSSR count). The number of ether oxygens (including phenoxy) is 1. The van der Waals surface area contributed by atoms with Crippen molar-refractivity contribution in [2.75, 3.05) is 19.4 Å². The molecule has 220 valence electrons. The number of aromatic nitrogens is 2. The van der Waals surface area contributed by atoms with E-state index in [1.807, 2.05) is 38.3 Å². The fourth-order valence-corrected chi connectivity index (χ4v) is 6.16. The van der Waals surface area contributed by atoms with E-state index in [1.165, 1.54) is 38.5 Å². The van der Waals surface area contributed by atoms with Crippen LogP contribution in [0.5, 0.6) is 0 Å². The van der Waals surface area contributed by atoms with Gasteiger partial charge in [-0.1, -0.05) is 58.4 Å². The van der Waals surface area contributed by atoms with Crippen LogP contribution in [0.25, 0.3) is 38.0 Å². The first-order chi connectivity index (χ1) is 19.9. The van der Waals surface area contributed by atoms with Gasteiger partial charge in [-0.05, 0) is 44.7 Å². The second-order valence-electron chi connectivity index (χ2n) is 10.3. The molecule has 7 nitrogen and oxygen atoms in total. The summed E-state index contributed by atoms with van der Waals surface area (Å²) in [5, 5.41) is 4.15. The van der Waals surface area contributed by atoms with Crippen LogP contribution in [0.1, 0.15) is 78.7 Å². The van der Waals surface area contributed by atoms with E-state index in [4.69, 9.17) is 10.2 Å². The Labute approximate surface area is 247 Å². The zero-order chi connectivity index (χ0) is 29.8. The average molecular weight is 577 g/mol. The molecular weight excluding hydrogens is 532 g/mol. The predicted octanol–water partition coefficient (Wildman–Crippen LogP) is 8.97. The van der Waals surface area contributed by atoms with Crippen LogP contribution in [0.2, 0.25) is 0 Å². The summed E-state index contributed by atoms with van der Waals surface area (Å²) >= 11 is 1.65. The number of aliphatic imine (C=N–C) groups is 1. The quantitative estimate of drug-likeness (QED) is 0.174. The summed E-state index contributed by atoms with van der Waals surface area (Å²) in [7, 11) is 1.78. The van der Waals surface area contributed by atoms with E-state index in [0.717, 1.165) is 55.5 Å². The SMILES string of the molecule is C/C=C(\C(C)=NC)c1cnc(N)c2oc(-c3csc4cnccc34)cc12.CCC(C)C1CCCCC1.CCOC=O. The van der Waals surface area contributed by atoms with Crippen molar-refractivity contribution in [3.05, 3.63) is 47.7 Å². The van der Waals surface area contributed by atoms with Gasteiger partial charge in [0, 0.05) is 64.2 Å². The highest BCUT2D eigenvalue weighted by Crippen LogP contribution is 2.39. The third kappa shape index (κ3) is 8.03. The van der Waals surface area contributed by atoms with E-state index in [9.17, 15) is 4.79 Å². The highest BCUT2D eigenvalue weighted by Gasteiger charge is 2.19. The van der Waals surface area contributed by atoms with Crippen LogP contribution in [0.15, 0.2) is 51.6 Å². The summed E-state index contributed by atoms with van der Waals surface area (Å²) < 4.78 is 11.4. The largest absolute Gasteiger partial charge is 0.468 e. The summed E-state index contributed by atoms with van der Waals surface area (Å²) in [6.45, 7) is 11.4. The Bertz CT molecular complexity index is 1460. The smallest absolute Gasteiger partial charge is 0.293 e. The van der Waals surface area contributed by atoms with Crippen LogP contribution in [0, 0.1) is 11.8 Å². The lowest BCUT2D eigenvalue weighted by atomic mass is 9.80.